The van der Waals surface area contributed by atoms with Crippen LogP contribution in [-0.2, 0) is 27.8 Å². The van der Waals surface area contributed by atoms with E-state index in [9.17, 15) is 28.9 Å². The van der Waals surface area contributed by atoms with Crippen molar-refractivity contribution in [2.75, 3.05) is 0 Å². The molecule has 1 aromatic heterocycles. The van der Waals surface area contributed by atoms with Gasteiger partial charge in [-0.1, -0.05) is 75.2 Å². The smallest absolute Gasteiger partial charge is 0.477 e. The molecule has 3 rings (SSSR count). The van der Waals surface area contributed by atoms with Crippen molar-refractivity contribution >= 4 is 14.0 Å². The van der Waals surface area contributed by atoms with Gasteiger partial charge in [-0.25, -0.2) is 14.2 Å². The van der Waals surface area contributed by atoms with Gasteiger partial charge in [-0.15, -0.1) is 0 Å². The average molecular weight is 509 g/mol. The van der Waals surface area contributed by atoms with Crippen molar-refractivity contribution in [2.45, 2.75) is 44.4 Å². The number of aliphatic carboxylic acids is 1. The van der Waals surface area contributed by atoms with Crippen molar-refractivity contribution in [1.82, 2.24) is 4.98 Å². The lowest BCUT2D eigenvalue weighted by Crippen LogP contribution is -2.56. The van der Waals surface area contributed by atoms with Crippen LogP contribution in [0, 0.1) is 23.6 Å². The van der Waals surface area contributed by atoms with Crippen LogP contribution in [-0.4, -0.2) is 31.2 Å². The lowest BCUT2D eigenvalue weighted by atomic mass is 9.78. The molecule has 0 aliphatic rings. The quantitative estimate of drug-likeness (QED) is 0.289. The van der Waals surface area contributed by atoms with Gasteiger partial charge in [0.1, 0.15) is 5.82 Å². The lowest BCUT2D eigenvalue weighted by molar-refractivity contribution is -0.146. The molecule has 0 amide bonds. The number of carboxylic acids is 1. The van der Waals surface area contributed by atoms with Crippen molar-refractivity contribution in [3.05, 3.63) is 89.4 Å². The number of aromatic nitrogens is 1. The van der Waals surface area contributed by atoms with E-state index in [1.807, 2.05) is 37.3 Å². The first-order chi connectivity index (χ1) is 17.0. The molecule has 3 atom stereocenters. The first kappa shape index (κ1) is 27.2. The number of benzene rings is 2. The highest BCUT2D eigenvalue weighted by Crippen LogP contribution is 2.51. The maximum absolute atomic E-state index is 13.6. The third-order valence-corrected chi connectivity index (χ3v) is 7.19. The van der Waals surface area contributed by atoms with Crippen molar-refractivity contribution in [3.63, 3.8) is 0 Å². The molecule has 36 heavy (non-hydrogen) atoms. The van der Waals surface area contributed by atoms with Gasteiger partial charge < -0.3 is 10.2 Å². The van der Waals surface area contributed by atoms with Crippen LogP contribution in [0.2, 0.25) is 0 Å². The molecule has 0 bridgehead atoms. The number of rotatable bonds is 8. The summed E-state index contributed by atoms with van der Waals surface area (Å²) in [5.41, 5.74) is -0.232. The molecule has 0 saturated heterocycles. The zero-order valence-electron chi connectivity index (χ0n) is 20.3. The third kappa shape index (κ3) is 5.22. The number of pyridine rings is 1. The first-order valence-corrected chi connectivity index (χ1v) is 12.7. The van der Waals surface area contributed by atoms with Crippen molar-refractivity contribution in [1.29, 1.82) is 0 Å². The van der Waals surface area contributed by atoms with Gasteiger partial charge in [0.15, 0.2) is 5.60 Å². The van der Waals surface area contributed by atoms with Crippen LogP contribution >= 0.6 is 8.03 Å². The molecule has 3 unspecified atom stereocenters. The summed E-state index contributed by atoms with van der Waals surface area (Å²) < 4.78 is 26.4. The first-order valence-electron chi connectivity index (χ1n) is 11.5. The van der Waals surface area contributed by atoms with Gasteiger partial charge in [0, 0.05) is 17.9 Å². The Morgan fingerprint density at radius 3 is 2.25 bits per heavy atom. The zero-order chi connectivity index (χ0) is 26.5. The molecule has 0 spiro atoms. The molecule has 1 heterocycles. The fourth-order valence-corrected chi connectivity index (χ4v) is 4.86. The van der Waals surface area contributed by atoms with Gasteiger partial charge in [0.2, 0.25) is 0 Å². The van der Waals surface area contributed by atoms with Crippen LogP contribution in [0.15, 0.2) is 66.7 Å². The van der Waals surface area contributed by atoms with Gasteiger partial charge in [-0.3, -0.25) is 0 Å². The number of carbonyl (C=O) groups is 1. The van der Waals surface area contributed by atoms with Crippen LogP contribution in [0.1, 0.15) is 37.6 Å². The second-order valence-corrected chi connectivity index (χ2v) is 10.0. The Morgan fingerprint density at radius 1 is 1.08 bits per heavy atom. The predicted molar refractivity (Wildman–Crippen MR) is 136 cm³/mol. The number of halogens is 1. The highest BCUT2D eigenvalue weighted by molar-refractivity contribution is 7.42. The van der Waals surface area contributed by atoms with Gasteiger partial charge in [-0.05, 0) is 46.2 Å². The molecule has 186 valence electrons. The molecular weight excluding hydrogens is 480 g/mol. The van der Waals surface area contributed by atoms with Gasteiger partial charge >= 0.3 is 19.2 Å². The second kappa shape index (κ2) is 11.1. The molecule has 3 aromatic rings. The van der Waals surface area contributed by atoms with E-state index >= 15 is 0 Å². The monoisotopic (exact) mass is 508 g/mol. The van der Waals surface area contributed by atoms with E-state index in [0.29, 0.717) is 17.7 Å². The van der Waals surface area contributed by atoms with Gasteiger partial charge in [-0.2, -0.15) is 4.89 Å². The standard InChI is InChI=1S/C28H27FNO5P/c1-4-21-12-15-24(30-25(21)22-8-6-5-7-9-22)27(33,18-20-10-13-23(29)14-11-20)28(26(31)32,36(34)35)17-16-19(2)3/h5-15,19,33H,4,18H2,1-3H3,(H-,31,32,34,35)/p+1. The summed E-state index contributed by atoms with van der Waals surface area (Å²) in [6.07, 6.45) is 0.167. The van der Waals surface area contributed by atoms with Crippen LogP contribution in [0.3, 0.4) is 0 Å². The molecule has 0 fully saturated rings. The van der Waals surface area contributed by atoms with Crippen molar-refractivity contribution in [2.24, 2.45) is 5.92 Å². The maximum Gasteiger partial charge on any atom is 0.541 e. The minimum atomic E-state index is -3.59. The van der Waals surface area contributed by atoms with Gasteiger partial charge in [0.05, 0.1) is 11.4 Å². The molecule has 2 aromatic carbocycles. The fraction of sp³-hybridized carbons (Fsp3) is 0.286. The van der Waals surface area contributed by atoms with Crippen LogP contribution in [0.25, 0.3) is 11.3 Å². The summed E-state index contributed by atoms with van der Waals surface area (Å²) in [7, 11) is -3.59. The minimum Gasteiger partial charge on any atom is -0.477 e. The molecule has 6 nitrogen and oxygen atoms in total. The van der Waals surface area contributed by atoms with E-state index in [4.69, 9.17) is 0 Å². The second-order valence-electron chi connectivity index (χ2n) is 8.80. The Kier molecular flexibility index (Phi) is 8.37. The van der Waals surface area contributed by atoms with E-state index in [1.165, 1.54) is 30.3 Å². The van der Waals surface area contributed by atoms with Crippen molar-refractivity contribution in [3.8, 4) is 23.1 Å². The Hall–Kier alpha value is -3.43. The molecule has 3 N–H and O–H groups in total. The van der Waals surface area contributed by atoms with E-state index < -0.39 is 37.0 Å². The van der Waals surface area contributed by atoms with Crippen LogP contribution in [0.5, 0.6) is 0 Å². The molecular formula is C28H28FNO5P+. The normalized spacial score (nSPS) is 14.8. The Morgan fingerprint density at radius 2 is 1.72 bits per heavy atom. The summed E-state index contributed by atoms with van der Waals surface area (Å²) in [6, 6.07) is 17.4. The minimum absolute atomic E-state index is 0.124. The van der Waals surface area contributed by atoms with Crippen LogP contribution < -0.4 is 0 Å². The van der Waals surface area contributed by atoms with E-state index in [-0.39, 0.29) is 11.6 Å². The Labute approximate surface area is 210 Å². The maximum atomic E-state index is 13.6. The summed E-state index contributed by atoms with van der Waals surface area (Å²) in [6.45, 7) is 5.34. The summed E-state index contributed by atoms with van der Waals surface area (Å²) in [5.74, 6) is 2.49. The Bertz CT molecular complexity index is 1300. The zero-order valence-corrected chi connectivity index (χ0v) is 21.2. The van der Waals surface area contributed by atoms with E-state index in [0.717, 1.165) is 11.1 Å². The van der Waals surface area contributed by atoms with Crippen molar-refractivity contribution < 1.29 is 28.9 Å². The summed E-state index contributed by atoms with van der Waals surface area (Å²) >= 11 is 0. The molecule has 0 radical (unpaired) electrons. The number of carboxylic acid groups (broad SMARTS) is 1. The van der Waals surface area contributed by atoms with Crippen LogP contribution in [0.4, 0.5) is 4.39 Å². The number of nitrogens with zero attached hydrogens (tertiary/aromatic N) is 1. The summed E-state index contributed by atoms with van der Waals surface area (Å²) in [4.78, 5) is 27.8. The largest absolute Gasteiger partial charge is 0.541 e. The highest BCUT2D eigenvalue weighted by atomic mass is 31.1. The highest BCUT2D eigenvalue weighted by Gasteiger charge is 2.72. The molecule has 8 heteroatoms. The number of hydrogen-bond acceptors (Lipinski definition) is 4. The fourth-order valence-electron chi connectivity index (χ4n) is 4.02. The summed E-state index contributed by atoms with van der Waals surface area (Å²) in [5, 5.41) is 19.7. The van der Waals surface area contributed by atoms with E-state index in [2.05, 4.69) is 16.8 Å². The molecule has 0 saturated carbocycles. The number of aliphatic hydroxyl groups is 1. The lowest BCUT2D eigenvalue weighted by Gasteiger charge is -2.33. The Balaban J connectivity index is 2.38. The van der Waals surface area contributed by atoms with Gasteiger partial charge in [0.25, 0.3) is 0 Å². The molecule has 0 aliphatic heterocycles. The number of aryl methyl sites for hydroxylation is 1. The number of hydrogen-bond donors (Lipinski definition) is 3. The van der Waals surface area contributed by atoms with E-state index in [1.54, 1.807) is 19.9 Å². The third-order valence-electron chi connectivity index (χ3n) is 5.94. The molecule has 0 aliphatic carbocycles. The topological polar surface area (TPSA) is 108 Å². The SMILES string of the molecule is CCc1ccc(C(O)(Cc2ccc(F)cc2)C(C#CC(C)C)(C(=O)O)[P+](=O)O)nc1-c1ccccc1. The predicted octanol–water partition coefficient (Wildman–Crippen LogP) is 5.10. The average Bonchev–Trinajstić information content (AvgIpc) is 2.85.